The maximum Gasteiger partial charge on any atom is 0.266 e. The molecule has 3 aromatic carbocycles. The summed E-state index contributed by atoms with van der Waals surface area (Å²) < 4.78 is 20.7. The van der Waals surface area contributed by atoms with Crippen molar-refractivity contribution >= 4 is 34.3 Å². The van der Waals surface area contributed by atoms with E-state index in [0.717, 1.165) is 5.56 Å². The van der Waals surface area contributed by atoms with E-state index in [4.69, 9.17) is 16.0 Å². The standard InChI is InChI=1S/C23H14ClFN4O2S/c24-15-7-5-14(6-8-15)21-28-27-20(31-21)13-32-23-26-19-4-2-1-3-18(19)22(30)29(23)17-11-9-16(25)10-12-17/h1-12H,13H2. The fraction of sp³-hybridized carbons (Fsp3) is 0.0435. The number of rotatable bonds is 5. The van der Waals surface area contributed by atoms with Gasteiger partial charge >= 0.3 is 0 Å². The second kappa shape index (κ2) is 8.57. The largest absolute Gasteiger partial charge is 0.420 e. The van der Waals surface area contributed by atoms with Gasteiger partial charge in [0, 0.05) is 10.6 Å². The summed E-state index contributed by atoms with van der Waals surface area (Å²) in [6, 6.07) is 19.9. The molecule has 32 heavy (non-hydrogen) atoms. The summed E-state index contributed by atoms with van der Waals surface area (Å²) in [7, 11) is 0. The molecule has 0 unspecified atom stereocenters. The molecule has 0 bridgehead atoms. The molecule has 0 radical (unpaired) electrons. The number of thioether (sulfide) groups is 1. The van der Waals surface area contributed by atoms with Gasteiger partial charge in [0.15, 0.2) is 5.16 Å². The van der Waals surface area contributed by atoms with Crippen molar-refractivity contribution in [3.05, 3.63) is 99.9 Å². The van der Waals surface area contributed by atoms with Crippen molar-refractivity contribution in [2.45, 2.75) is 10.9 Å². The molecule has 5 aromatic rings. The van der Waals surface area contributed by atoms with Gasteiger partial charge in [0.05, 0.1) is 22.3 Å². The minimum Gasteiger partial charge on any atom is -0.420 e. The van der Waals surface area contributed by atoms with Crippen molar-refractivity contribution in [2.75, 3.05) is 0 Å². The fourth-order valence-electron chi connectivity index (χ4n) is 3.17. The maximum atomic E-state index is 13.4. The van der Waals surface area contributed by atoms with Crippen molar-refractivity contribution in [3.8, 4) is 17.1 Å². The van der Waals surface area contributed by atoms with Gasteiger partial charge in [-0.05, 0) is 60.7 Å². The minimum absolute atomic E-state index is 0.239. The summed E-state index contributed by atoms with van der Waals surface area (Å²) in [6.07, 6.45) is 0. The van der Waals surface area contributed by atoms with Gasteiger partial charge in [-0.25, -0.2) is 9.37 Å². The molecule has 0 saturated carbocycles. The Morgan fingerprint density at radius 3 is 2.50 bits per heavy atom. The van der Waals surface area contributed by atoms with Crippen LogP contribution in [0, 0.1) is 5.82 Å². The lowest BCUT2D eigenvalue weighted by Crippen LogP contribution is -2.21. The second-order valence-electron chi connectivity index (χ2n) is 6.83. The molecule has 0 N–H and O–H groups in total. The molecule has 2 aromatic heterocycles. The molecule has 0 aliphatic rings. The van der Waals surface area contributed by atoms with E-state index in [2.05, 4.69) is 15.2 Å². The highest BCUT2D eigenvalue weighted by Gasteiger charge is 2.16. The van der Waals surface area contributed by atoms with Crippen LogP contribution in [-0.4, -0.2) is 19.7 Å². The van der Waals surface area contributed by atoms with Crippen LogP contribution in [0.25, 0.3) is 28.0 Å². The Morgan fingerprint density at radius 1 is 0.969 bits per heavy atom. The Bertz CT molecular complexity index is 1470. The molecule has 0 fully saturated rings. The molecule has 0 saturated heterocycles. The highest BCUT2D eigenvalue weighted by atomic mass is 35.5. The number of hydrogen-bond acceptors (Lipinski definition) is 6. The summed E-state index contributed by atoms with van der Waals surface area (Å²) in [5, 5.41) is 9.70. The number of hydrogen-bond donors (Lipinski definition) is 0. The van der Waals surface area contributed by atoms with Crippen LogP contribution in [0.3, 0.4) is 0 Å². The van der Waals surface area contributed by atoms with Crippen molar-refractivity contribution in [1.82, 2.24) is 19.7 Å². The zero-order chi connectivity index (χ0) is 22.1. The quantitative estimate of drug-likeness (QED) is 0.252. The van der Waals surface area contributed by atoms with E-state index in [1.807, 2.05) is 6.07 Å². The van der Waals surface area contributed by atoms with Crippen LogP contribution in [0.4, 0.5) is 4.39 Å². The molecule has 0 atom stereocenters. The van der Waals surface area contributed by atoms with Crippen molar-refractivity contribution in [1.29, 1.82) is 0 Å². The lowest BCUT2D eigenvalue weighted by atomic mass is 10.2. The molecule has 0 aliphatic carbocycles. The zero-order valence-electron chi connectivity index (χ0n) is 16.4. The first-order valence-corrected chi connectivity index (χ1v) is 10.9. The van der Waals surface area contributed by atoms with Crippen LogP contribution < -0.4 is 5.56 Å². The van der Waals surface area contributed by atoms with Gasteiger partial charge in [-0.15, -0.1) is 10.2 Å². The predicted molar refractivity (Wildman–Crippen MR) is 122 cm³/mol. The number of aromatic nitrogens is 4. The maximum absolute atomic E-state index is 13.4. The number of fused-ring (bicyclic) bond motifs is 1. The average molecular weight is 465 g/mol. The van der Waals surface area contributed by atoms with Crippen LogP contribution in [0.1, 0.15) is 5.89 Å². The normalized spacial score (nSPS) is 11.2. The molecule has 0 aliphatic heterocycles. The number of halogens is 2. The molecule has 6 nitrogen and oxygen atoms in total. The molecule has 0 spiro atoms. The highest BCUT2D eigenvalue weighted by Crippen LogP contribution is 2.26. The Labute approximate surface area is 190 Å². The van der Waals surface area contributed by atoms with Gasteiger partial charge in [0.1, 0.15) is 5.82 Å². The number of para-hydroxylation sites is 1. The van der Waals surface area contributed by atoms with Crippen LogP contribution >= 0.6 is 23.4 Å². The Hall–Kier alpha value is -3.49. The van der Waals surface area contributed by atoms with Gasteiger partial charge in [-0.3, -0.25) is 9.36 Å². The van der Waals surface area contributed by atoms with Gasteiger partial charge < -0.3 is 4.42 Å². The van der Waals surface area contributed by atoms with E-state index in [9.17, 15) is 9.18 Å². The van der Waals surface area contributed by atoms with Crippen LogP contribution in [0.5, 0.6) is 0 Å². The predicted octanol–water partition coefficient (Wildman–Crippen LogP) is 5.52. The zero-order valence-corrected chi connectivity index (χ0v) is 18.0. The summed E-state index contributed by atoms with van der Waals surface area (Å²) in [5.74, 6) is 0.671. The molecule has 158 valence electrons. The van der Waals surface area contributed by atoms with Crippen molar-refractivity contribution in [3.63, 3.8) is 0 Å². The lowest BCUT2D eigenvalue weighted by molar-refractivity contribution is 0.528. The van der Waals surface area contributed by atoms with Crippen molar-refractivity contribution in [2.24, 2.45) is 0 Å². The van der Waals surface area contributed by atoms with Crippen LogP contribution in [0.2, 0.25) is 5.02 Å². The third-order valence-electron chi connectivity index (χ3n) is 4.71. The van der Waals surface area contributed by atoms with E-state index in [-0.39, 0.29) is 11.4 Å². The fourth-order valence-corrected chi connectivity index (χ4v) is 4.15. The van der Waals surface area contributed by atoms with E-state index in [1.54, 1.807) is 54.6 Å². The molecular weight excluding hydrogens is 451 g/mol. The van der Waals surface area contributed by atoms with E-state index < -0.39 is 0 Å². The lowest BCUT2D eigenvalue weighted by Gasteiger charge is -2.12. The molecule has 0 amide bonds. The third kappa shape index (κ3) is 4.02. The average Bonchev–Trinajstić information content (AvgIpc) is 3.28. The smallest absolute Gasteiger partial charge is 0.266 e. The monoisotopic (exact) mass is 464 g/mol. The Morgan fingerprint density at radius 2 is 1.72 bits per heavy atom. The summed E-state index contributed by atoms with van der Waals surface area (Å²) >= 11 is 7.20. The molecule has 5 rings (SSSR count). The summed E-state index contributed by atoms with van der Waals surface area (Å²) in [5.41, 5.74) is 1.61. The molecule has 2 heterocycles. The Balaban J connectivity index is 1.50. The SMILES string of the molecule is O=c1c2ccccc2nc(SCc2nnc(-c3ccc(Cl)cc3)o2)n1-c1ccc(F)cc1. The Kier molecular flexibility index (Phi) is 5.46. The first-order valence-electron chi connectivity index (χ1n) is 9.57. The molecule has 9 heteroatoms. The molecular formula is C23H14ClFN4O2S. The van der Waals surface area contributed by atoms with Crippen LogP contribution in [0.15, 0.2) is 87.2 Å². The van der Waals surface area contributed by atoms with Gasteiger partial charge in [-0.1, -0.05) is 35.5 Å². The number of benzene rings is 3. The highest BCUT2D eigenvalue weighted by molar-refractivity contribution is 7.98. The van der Waals surface area contributed by atoms with Gasteiger partial charge in [0.25, 0.3) is 5.56 Å². The van der Waals surface area contributed by atoms with Crippen LogP contribution in [-0.2, 0) is 5.75 Å². The first kappa shape index (κ1) is 20.4. The van der Waals surface area contributed by atoms with E-state index in [1.165, 1.54) is 28.5 Å². The second-order valence-corrected chi connectivity index (χ2v) is 8.20. The van der Waals surface area contributed by atoms with Gasteiger partial charge in [0.2, 0.25) is 11.8 Å². The van der Waals surface area contributed by atoms with E-state index in [0.29, 0.717) is 44.3 Å². The number of nitrogens with zero attached hydrogens (tertiary/aromatic N) is 4. The minimum atomic E-state index is -0.384. The summed E-state index contributed by atoms with van der Waals surface area (Å²) in [4.78, 5) is 17.9. The van der Waals surface area contributed by atoms with E-state index >= 15 is 0 Å². The van der Waals surface area contributed by atoms with Gasteiger partial charge in [-0.2, -0.15) is 0 Å². The van der Waals surface area contributed by atoms with Crippen molar-refractivity contribution < 1.29 is 8.81 Å². The topological polar surface area (TPSA) is 73.8 Å². The summed E-state index contributed by atoms with van der Waals surface area (Å²) in [6.45, 7) is 0. The third-order valence-corrected chi connectivity index (χ3v) is 5.89. The first-order chi connectivity index (χ1) is 15.6.